The first kappa shape index (κ1) is 20.6. The molecule has 0 N–H and O–H groups in total. The highest BCUT2D eigenvalue weighted by atomic mass is 35.5. The molecule has 5 nitrogen and oxygen atoms in total. The Bertz CT molecular complexity index is 1180. The van der Waals surface area contributed by atoms with E-state index in [1.165, 1.54) is 31.4 Å². The summed E-state index contributed by atoms with van der Waals surface area (Å²) < 4.78 is 30.1. The second-order valence-electron chi connectivity index (χ2n) is 6.71. The van der Waals surface area contributed by atoms with Gasteiger partial charge in [-0.1, -0.05) is 29.8 Å². The molecule has 0 atom stereocenters. The molecule has 1 aliphatic rings. The molecule has 4 rings (SSSR count). The molecule has 1 heterocycles. The van der Waals surface area contributed by atoms with E-state index in [0.29, 0.717) is 22.6 Å². The van der Waals surface area contributed by atoms with Crippen molar-refractivity contribution in [2.75, 3.05) is 7.11 Å². The number of halogens is 2. The molecule has 0 aromatic heterocycles. The molecule has 0 radical (unpaired) electrons. The number of hydrogen-bond acceptors (Lipinski definition) is 5. The first-order valence-corrected chi connectivity index (χ1v) is 9.66. The molecule has 3 aromatic rings. The fourth-order valence-electron chi connectivity index (χ4n) is 3.06. The predicted molar refractivity (Wildman–Crippen MR) is 113 cm³/mol. The molecule has 0 bridgehead atoms. The van der Waals surface area contributed by atoms with Gasteiger partial charge in [-0.25, -0.2) is 9.18 Å². The Morgan fingerprint density at radius 3 is 2.61 bits per heavy atom. The van der Waals surface area contributed by atoms with Crippen molar-refractivity contribution in [3.8, 4) is 11.5 Å². The van der Waals surface area contributed by atoms with Gasteiger partial charge < -0.3 is 14.2 Å². The number of ether oxygens (including phenoxy) is 3. The third-order valence-corrected chi connectivity index (χ3v) is 5.03. The number of hydrogen-bond donors (Lipinski definition) is 0. The highest BCUT2D eigenvalue weighted by Crippen LogP contribution is 2.36. The Labute approximate surface area is 182 Å². The second-order valence-corrected chi connectivity index (χ2v) is 7.12. The van der Waals surface area contributed by atoms with Crippen molar-refractivity contribution >= 4 is 29.4 Å². The summed E-state index contributed by atoms with van der Waals surface area (Å²) in [4.78, 5) is 24.1. The smallest absolute Gasteiger partial charge is 0.337 e. The van der Waals surface area contributed by atoms with Crippen LogP contribution in [0.2, 0.25) is 5.02 Å². The minimum atomic E-state index is -0.547. The molecule has 0 saturated carbocycles. The fraction of sp³-hybridized carbons (Fsp3) is 0.0833. The molecule has 0 spiro atoms. The van der Waals surface area contributed by atoms with E-state index < -0.39 is 11.8 Å². The quantitative estimate of drug-likeness (QED) is 0.391. The average molecular weight is 439 g/mol. The first-order valence-electron chi connectivity index (χ1n) is 9.28. The molecular weight excluding hydrogens is 423 g/mol. The number of carbonyl (C=O) groups excluding carboxylic acids is 2. The first-order chi connectivity index (χ1) is 15.0. The average Bonchev–Trinajstić information content (AvgIpc) is 3.09. The van der Waals surface area contributed by atoms with Crippen LogP contribution in [0.1, 0.15) is 31.8 Å². The van der Waals surface area contributed by atoms with E-state index in [1.54, 1.807) is 42.5 Å². The number of esters is 1. The van der Waals surface area contributed by atoms with Crippen LogP contribution in [0.3, 0.4) is 0 Å². The summed E-state index contributed by atoms with van der Waals surface area (Å²) in [5, 5.41) is 0.182. The van der Waals surface area contributed by atoms with Crippen molar-refractivity contribution in [3.05, 3.63) is 99.5 Å². The number of carbonyl (C=O) groups is 2. The fourth-order valence-corrected chi connectivity index (χ4v) is 3.28. The minimum Gasteiger partial charge on any atom is -0.489 e. The zero-order valence-corrected chi connectivity index (χ0v) is 17.1. The van der Waals surface area contributed by atoms with Crippen LogP contribution in [0, 0.1) is 5.82 Å². The van der Waals surface area contributed by atoms with Gasteiger partial charge in [0.2, 0.25) is 5.78 Å². The van der Waals surface area contributed by atoms with Crippen LogP contribution in [0.15, 0.2) is 66.4 Å². The summed E-state index contributed by atoms with van der Waals surface area (Å²) in [5.74, 6) is -0.518. The molecule has 0 unspecified atom stereocenters. The highest BCUT2D eigenvalue weighted by Gasteiger charge is 2.28. The number of Topliss-reactive ketones (excluding diaryl/α,β-unsaturated/α-hetero) is 1. The number of rotatable bonds is 5. The van der Waals surface area contributed by atoms with Crippen LogP contribution >= 0.6 is 11.6 Å². The summed E-state index contributed by atoms with van der Waals surface area (Å²) in [7, 11) is 1.32. The summed E-state index contributed by atoms with van der Waals surface area (Å²) in [6, 6.07) is 16.0. The lowest BCUT2D eigenvalue weighted by Crippen LogP contribution is -2.02. The molecule has 7 heteroatoms. The van der Waals surface area contributed by atoms with Crippen LogP contribution in [-0.4, -0.2) is 18.9 Å². The number of fused-ring (bicyclic) bond motifs is 1. The van der Waals surface area contributed by atoms with Gasteiger partial charge in [-0.05, 0) is 48.0 Å². The Morgan fingerprint density at radius 1 is 1.13 bits per heavy atom. The second kappa shape index (κ2) is 8.62. The summed E-state index contributed by atoms with van der Waals surface area (Å²) in [5.41, 5.74) is 1.74. The van der Waals surface area contributed by atoms with Gasteiger partial charge >= 0.3 is 5.97 Å². The van der Waals surface area contributed by atoms with Crippen LogP contribution in [-0.2, 0) is 11.3 Å². The van der Waals surface area contributed by atoms with Gasteiger partial charge in [-0.2, -0.15) is 0 Å². The van der Waals surface area contributed by atoms with E-state index in [0.717, 1.165) is 5.56 Å². The normalized spacial score (nSPS) is 13.6. The van der Waals surface area contributed by atoms with Crippen molar-refractivity contribution < 1.29 is 28.2 Å². The van der Waals surface area contributed by atoms with E-state index >= 15 is 0 Å². The van der Waals surface area contributed by atoms with E-state index in [-0.39, 0.29) is 28.7 Å². The topological polar surface area (TPSA) is 61.8 Å². The molecular formula is C24H16ClFO5. The monoisotopic (exact) mass is 438 g/mol. The van der Waals surface area contributed by atoms with Gasteiger partial charge in [0, 0.05) is 11.6 Å². The standard InChI is InChI=1S/C24H16ClFO5/c1-29-24(28)15-7-5-14(6-8-15)13-30-16-9-10-17-21(11-16)31-22(23(17)27)12-18-19(25)3-2-4-20(18)26/h2-12H,13H2,1H3. The SMILES string of the molecule is COC(=O)c1ccc(COc2ccc3c(c2)OC(=Cc2c(F)cccc2Cl)C3=O)cc1. The molecule has 1 aliphatic heterocycles. The Hall–Kier alpha value is -3.64. The molecule has 31 heavy (non-hydrogen) atoms. The van der Waals surface area contributed by atoms with Crippen LogP contribution in [0.5, 0.6) is 11.5 Å². The zero-order valence-electron chi connectivity index (χ0n) is 16.4. The van der Waals surface area contributed by atoms with E-state index in [9.17, 15) is 14.0 Å². The third kappa shape index (κ3) is 4.29. The lowest BCUT2D eigenvalue weighted by atomic mass is 10.1. The van der Waals surface area contributed by atoms with Crippen molar-refractivity contribution in [1.82, 2.24) is 0 Å². The third-order valence-electron chi connectivity index (χ3n) is 4.70. The highest BCUT2D eigenvalue weighted by molar-refractivity contribution is 6.32. The lowest BCUT2D eigenvalue weighted by Gasteiger charge is -2.08. The van der Waals surface area contributed by atoms with Crippen molar-refractivity contribution in [1.29, 1.82) is 0 Å². The molecule has 156 valence electrons. The zero-order chi connectivity index (χ0) is 22.0. The maximum atomic E-state index is 14.0. The predicted octanol–water partition coefficient (Wildman–Crippen LogP) is 5.46. The van der Waals surface area contributed by atoms with E-state index in [2.05, 4.69) is 4.74 Å². The molecule has 0 fully saturated rings. The molecule has 0 amide bonds. The molecule has 0 saturated heterocycles. The van der Waals surface area contributed by atoms with Crippen molar-refractivity contribution in [3.63, 3.8) is 0 Å². The number of benzene rings is 3. The minimum absolute atomic E-state index is 0.0162. The number of allylic oxidation sites excluding steroid dienone is 1. The van der Waals surface area contributed by atoms with Crippen LogP contribution in [0.4, 0.5) is 4.39 Å². The maximum Gasteiger partial charge on any atom is 0.337 e. The van der Waals surface area contributed by atoms with Gasteiger partial charge in [-0.3, -0.25) is 4.79 Å². The molecule has 3 aromatic carbocycles. The number of methoxy groups -OCH3 is 1. The van der Waals surface area contributed by atoms with Gasteiger partial charge in [-0.15, -0.1) is 0 Å². The van der Waals surface area contributed by atoms with Crippen LogP contribution in [0.25, 0.3) is 6.08 Å². The summed E-state index contributed by atoms with van der Waals surface area (Å²) in [6.45, 7) is 0.252. The van der Waals surface area contributed by atoms with Crippen LogP contribution < -0.4 is 9.47 Å². The van der Waals surface area contributed by atoms with Crippen molar-refractivity contribution in [2.45, 2.75) is 6.61 Å². The Kier molecular flexibility index (Phi) is 5.73. The number of ketones is 1. The Balaban J connectivity index is 1.48. The van der Waals surface area contributed by atoms with E-state index in [1.807, 2.05) is 0 Å². The summed E-state index contributed by atoms with van der Waals surface area (Å²) in [6.07, 6.45) is 1.30. The Morgan fingerprint density at radius 2 is 1.90 bits per heavy atom. The van der Waals surface area contributed by atoms with Gasteiger partial charge in [0.25, 0.3) is 0 Å². The van der Waals surface area contributed by atoms with Gasteiger partial charge in [0.1, 0.15) is 23.9 Å². The largest absolute Gasteiger partial charge is 0.489 e. The maximum absolute atomic E-state index is 14.0. The lowest BCUT2D eigenvalue weighted by molar-refractivity contribution is 0.0600. The van der Waals surface area contributed by atoms with Gasteiger partial charge in [0.05, 0.1) is 23.3 Å². The van der Waals surface area contributed by atoms with Crippen molar-refractivity contribution in [2.24, 2.45) is 0 Å². The molecule has 0 aliphatic carbocycles. The van der Waals surface area contributed by atoms with Gasteiger partial charge in [0.15, 0.2) is 5.76 Å². The van der Waals surface area contributed by atoms with E-state index in [4.69, 9.17) is 21.1 Å². The summed E-state index contributed by atoms with van der Waals surface area (Å²) >= 11 is 6.03.